The number of furan rings is 1. The van der Waals surface area contributed by atoms with Crippen molar-refractivity contribution in [2.75, 3.05) is 4.90 Å². The Hall–Kier alpha value is -7.42. The predicted molar refractivity (Wildman–Crippen MR) is 249 cm³/mol. The van der Waals surface area contributed by atoms with Gasteiger partial charge in [0.1, 0.15) is 11.2 Å². The minimum Gasteiger partial charge on any atom is -0.455 e. The van der Waals surface area contributed by atoms with Gasteiger partial charge in [-0.1, -0.05) is 172 Å². The van der Waals surface area contributed by atoms with Crippen LogP contribution >= 0.6 is 0 Å². The minimum absolute atomic E-state index is 0.120. The number of fused-ring (bicyclic) bond motifs is 10. The lowest BCUT2D eigenvalue weighted by Crippen LogP contribution is -2.14. The number of benzene rings is 10. The van der Waals surface area contributed by atoms with Crippen molar-refractivity contribution in [3.63, 3.8) is 0 Å². The Morgan fingerprint density at radius 3 is 1.76 bits per heavy atom. The van der Waals surface area contributed by atoms with Crippen molar-refractivity contribution in [1.82, 2.24) is 0 Å². The van der Waals surface area contributed by atoms with Crippen LogP contribution < -0.4 is 4.90 Å². The van der Waals surface area contributed by atoms with Crippen molar-refractivity contribution in [2.24, 2.45) is 0 Å². The molecule has 1 aliphatic carbocycles. The Balaban J connectivity index is 1.12. The van der Waals surface area contributed by atoms with Crippen LogP contribution in [0.3, 0.4) is 0 Å². The first kappa shape index (κ1) is 33.7. The van der Waals surface area contributed by atoms with Gasteiger partial charge in [-0.25, -0.2) is 0 Å². The molecule has 0 bridgehead atoms. The second-order valence-corrected chi connectivity index (χ2v) is 16.5. The van der Waals surface area contributed by atoms with Crippen LogP contribution in [0.25, 0.3) is 87.6 Å². The molecule has 10 aromatic carbocycles. The van der Waals surface area contributed by atoms with E-state index in [9.17, 15) is 0 Å². The first-order chi connectivity index (χ1) is 29.0. The molecule has 0 N–H and O–H groups in total. The van der Waals surface area contributed by atoms with Gasteiger partial charge in [-0.15, -0.1) is 0 Å². The second kappa shape index (κ2) is 12.8. The van der Waals surface area contributed by atoms with Gasteiger partial charge in [0, 0.05) is 38.3 Å². The summed E-state index contributed by atoms with van der Waals surface area (Å²) in [4.78, 5) is 2.43. The molecule has 59 heavy (non-hydrogen) atoms. The maximum absolute atomic E-state index is 6.93. The first-order valence-corrected chi connectivity index (χ1v) is 20.5. The zero-order valence-electron chi connectivity index (χ0n) is 32.9. The van der Waals surface area contributed by atoms with Crippen LogP contribution in [-0.2, 0) is 5.41 Å². The lowest BCUT2D eigenvalue weighted by molar-refractivity contribution is 0.660. The van der Waals surface area contributed by atoms with Gasteiger partial charge in [-0.2, -0.15) is 0 Å². The molecular weight excluding hydrogens is 715 g/mol. The highest BCUT2D eigenvalue weighted by Crippen LogP contribution is 2.54. The Morgan fingerprint density at radius 2 is 1.03 bits per heavy atom. The van der Waals surface area contributed by atoms with E-state index in [2.05, 4.69) is 219 Å². The number of rotatable bonds is 5. The molecule has 0 saturated carbocycles. The molecule has 2 heteroatoms. The monoisotopic (exact) mass is 753 g/mol. The summed E-state index contributed by atoms with van der Waals surface area (Å²) in [5, 5.41) is 9.29. The number of nitrogens with zero attached hydrogens (tertiary/aromatic N) is 1. The van der Waals surface area contributed by atoms with Gasteiger partial charge in [-0.3, -0.25) is 0 Å². The van der Waals surface area contributed by atoms with E-state index >= 15 is 0 Å². The zero-order chi connectivity index (χ0) is 39.2. The van der Waals surface area contributed by atoms with Crippen molar-refractivity contribution in [2.45, 2.75) is 19.3 Å². The maximum atomic E-state index is 6.93. The molecule has 2 nitrogen and oxygen atoms in total. The van der Waals surface area contributed by atoms with Gasteiger partial charge in [0.05, 0.1) is 5.69 Å². The van der Waals surface area contributed by atoms with Crippen LogP contribution in [0, 0.1) is 0 Å². The second-order valence-electron chi connectivity index (χ2n) is 16.5. The molecule has 0 unspecified atom stereocenters. The Kier molecular flexibility index (Phi) is 7.31. The van der Waals surface area contributed by atoms with Crippen LogP contribution in [0.4, 0.5) is 17.1 Å². The molecule has 0 fully saturated rings. The molecule has 278 valence electrons. The third-order valence-corrected chi connectivity index (χ3v) is 12.8. The SMILES string of the molecule is CC1(C)c2ccc(-c3cccc4oc5c6ccccc6c(N(c6ccc7ccccc7c6)c6ccc7ccccc7c6)cc5c34)cc2-c2c(-c3ccccc3)cccc21. The Labute approximate surface area is 343 Å². The molecule has 1 aliphatic rings. The summed E-state index contributed by atoms with van der Waals surface area (Å²) in [6.07, 6.45) is 0. The average molecular weight is 754 g/mol. The highest BCUT2D eigenvalue weighted by Gasteiger charge is 2.37. The fourth-order valence-electron chi connectivity index (χ4n) is 9.94. The third kappa shape index (κ3) is 5.13. The Bertz CT molecular complexity index is 3400. The van der Waals surface area contributed by atoms with Crippen molar-refractivity contribution in [3.05, 3.63) is 211 Å². The van der Waals surface area contributed by atoms with Gasteiger partial charge < -0.3 is 9.32 Å². The lowest BCUT2D eigenvalue weighted by atomic mass is 9.81. The van der Waals surface area contributed by atoms with Crippen LogP contribution in [0.15, 0.2) is 205 Å². The standard InChI is InChI=1S/C57H39NO/c1-57(2)50-31-28-41(34-48(50)54-44(22-12-24-51(54)57)38-16-4-3-5-17-38)45-23-13-25-53-55(45)49-35-52(46-20-10-11-21-47(46)56(49)59-53)58(42-29-26-36-14-6-8-18-39(36)32-42)43-30-27-37-15-7-9-19-40(37)33-43/h3-35H,1-2H3. The minimum atomic E-state index is -0.120. The molecule has 0 radical (unpaired) electrons. The largest absolute Gasteiger partial charge is 0.455 e. The van der Waals surface area contributed by atoms with Crippen molar-refractivity contribution >= 4 is 71.3 Å². The summed E-state index contributed by atoms with van der Waals surface area (Å²) in [5.41, 5.74) is 15.2. The molecule has 1 heterocycles. The highest BCUT2D eigenvalue weighted by atomic mass is 16.3. The normalized spacial score (nSPS) is 13.1. The highest BCUT2D eigenvalue weighted by molar-refractivity contribution is 6.23. The molecule has 0 atom stereocenters. The smallest absolute Gasteiger partial charge is 0.143 e. The van der Waals surface area contributed by atoms with E-state index in [-0.39, 0.29) is 5.41 Å². The molecule has 0 saturated heterocycles. The van der Waals surface area contributed by atoms with Crippen LogP contribution in [-0.4, -0.2) is 0 Å². The molecule has 0 amide bonds. The fraction of sp³-hybridized carbons (Fsp3) is 0.0526. The van der Waals surface area contributed by atoms with Gasteiger partial charge in [0.25, 0.3) is 0 Å². The molecule has 0 spiro atoms. The topological polar surface area (TPSA) is 16.4 Å². The third-order valence-electron chi connectivity index (χ3n) is 12.8. The molecule has 1 aromatic heterocycles. The summed E-state index contributed by atoms with van der Waals surface area (Å²) < 4.78 is 6.93. The van der Waals surface area contributed by atoms with Crippen molar-refractivity contribution in [3.8, 4) is 33.4 Å². The van der Waals surface area contributed by atoms with Gasteiger partial charge in [-0.05, 0) is 109 Å². The quantitative estimate of drug-likeness (QED) is 0.174. The van der Waals surface area contributed by atoms with Gasteiger partial charge >= 0.3 is 0 Å². The van der Waals surface area contributed by atoms with E-state index in [1.807, 2.05) is 0 Å². The zero-order valence-corrected chi connectivity index (χ0v) is 32.9. The van der Waals surface area contributed by atoms with E-state index in [1.54, 1.807) is 0 Å². The van der Waals surface area contributed by atoms with Gasteiger partial charge in [0.2, 0.25) is 0 Å². The van der Waals surface area contributed by atoms with E-state index in [0.29, 0.717) is 0 Å². The molecular formula is C57H39NO. The van der Waals surface area contributed by atoms with Crippen LogP contribution in [0.5, 0.6) is 0 Å². The summed E-state index contributed by atoms with van der Waals surface area (Å²) >= 11 is 0. The van der Waals surface area contributed by atoms with E-state index < -0.39 is 0 Å². The fourth-order valence-corrected chi connectivity index (χ4v) is 9.94. The predicted octanol–water partition coefficient (Wildman–Crippen LogP) is 16.2. The number of anilines is 3. The lowest BCUT2D eigenvalue weighted by Gasteiger charge is -2.28. The number of hydrogen-bond acceptors (Lipinski definition) is 2. The molecule has 11 aromatic rings. The average Bonchev–Trinajstić information content (AvgIpc) is 3.78. The van der Waals surface area contributed by atoms with Crippen LogP contribution in [0.1, 0.15) is 25.0 Å². The van der Waals surface area contributed by atoms with E-state index in [4.69, 9.17) is 4.42 Å². The van der Waals surface area contributed by atoms with E-state index in [0.717, 1.165) is 55.3 Å². The summed E-state index contributed by atoms with van der Waals surface area (Å²) in [6.45, 7) is 4.72. The van der Waals surface area contributed by atoms with Crippen molar-refractivity contribution < 1.29 is 4.42 Å². The summed E-state index contributed by atoms with van der Waals surface area (Å²) in [7, 11) is 0. The first-order valence-electron chi connectivity index (χ1n) is 20.5. The van der Waals surface area contributed by atoms with Crippen LogP contribution in [0.2, 0.25) is 0 Å². The van der Waals surface area contributed by atoms with Crippen molar-refractivity contribution in [1.29, 1.82) is 0 Å². The van der Waals surface area contributed by atoms with Gasteiger partial charge in [0.15, 0.2) is 0 Å². The molecule has 12 rings (SSSR count). The van der Waals surface area contributed by atoms with E-state index in [1.165, 1.54) is 60.5 Å². The summed E-state index contributed by atoms with van der Waals surface area (Å²) in [6, 6.07) is 73.2. The summed E-state index contributed by atoms with van der Waals surface area (Å²) in [5.74, 6) is 0. The number of hydrogen-bond donors (Lipinski definition) is 0. The molecule has 0 aliphatic heterocycles. The Morgan fingerprint density at radius 1 is 0.407 bits per heavy atom. The maximum Gasteiger partial charge on any atom is 0.143 e.